The van der Waals surface area contributed by atoms with Crippen molar-refractivity contribution in [2.24, 2.45) is 5.92 Å². The fourth-order valence-corrected chi connectivity index (χ4v) is 1.68. The molecule has 0 saturated heterocycles. The molecule has 0 aliphatic heterocycles. The predicted octanol–water partition coefficient (Wildman–Crippen LogP) is 1.64. The molecule has 0 saturated carbocycles. The maximum absolute atomic E-state index is 11.8. The van der Waals surface area contributed by atoms with Crippen molar-refractivity contribution in [3.05, 3.63) is 35.4 Å². The number of nitrogens with zero attached hydrogens (tertiary/aromatic N) is 1. The molecule has 0 aliphatic rings. The molecule has 1 amide bonds. The second kappa shape index (κ2) is 6.83. The van der Waals surface area contributed by atoms with E-state index in [0.29, 0.717) is 6.54 Å². The summed E-state index contributed by atoms with van der Waals surface area (Å²) in [5.41, 5.74) is 1.89. The highest BCUT2D eigenvalue weighted by Gasteiger charge is 2.12. The van der Waals surface area contributed by atoms with E-state index in [1.807, 2.05) is 38.1 Å². The topological polar surface area (TPSA) is 40.5 Å². The summed E-state index contributed by atoms with van der Waals surface area (Å²) < 4.78 is 0. The van der Waals surface area contributed by atoms with Crippen molar-refractivity contribution in [2.75, 3.05) is 13.7 Å². The Bertz CT molecular complexity index is 469. The number of benzene rings is 1. The molecular formula is C15H19NO2. The van der Waals surface area contributed by atoms with E-state index in [9.17, 15) is 4.79 Å². The van der Waals surface area contributed by atoms with Gasteiger partial charge in [0.15, 0.2) is 0 Å². The molecular weight excluding hydrogens is 226 g/mol. The summed E-state index contributed by atoms with van der Waals surface area (Å²) in [7, 11) is 1.80. The molecule has 96 valence electrons. The number of amides is 1. The van der Waals surface area contributed by atoms with Crippen molar-refractivity contribution in [2.45, 2.75) is 20.4 Å². The first kappa shape index (κ1) is 14.3. The number of carbonyl (C=O) groups excluding carboxylic acids is 1. The van der Waals surface area contributed by atoms with Gasteiger partial charge in [-0.25, -0.2) is 0 Å². The van der Waals surface area contributed by atoms with Crippen molar-refractivity contribution < 1.29 is 9.90 Å². The van der Waals surface area contributed by atoms with Crippen LogP contribution in [0.2, 0.25) is 0 Å². The van der Waals surface area contributed by atoms with Crippen LogP contribution in [0.1, 0.15) is 25.0 Å². The van der Waals surface area contributed by atoms with Crippen LogP contribution in [-0.4, -0.2) is 29.6 Å². The van der Waals surface area contributed by atoms with E-state index >= 15 is 0 Å². The van der Waals surface area contributed by atoms with Crippen molar-refractivity contribution in [1.82, 2.24) is 4.90 Å². The Kier molecular flexibility index (Phi) is 5.41. The third-order valence-electron chi connectivity index (χ3n) is 2.53. The van der Waals surface area contributed by atoms with Gasteiger partial charge >= 0.3 is 0 Å². The van der Waals surface area contributed by atoms with Crippen LogP contribution in [0, 0.1) is 17.8 Å². The lowest BCUT2D eigenvalue weighted by Crippen LogP contribution is -2.29. The molecule has 0 bridgehead atoms. The van der Waals surface area contributed by atoms with Gasteiger partial charge in [-0.05, 0) is 17.7 Å². The third-order valence-corrected chi connectivity index (χ3v) is 2.53. The summed E-state index contributed by atoms with van der Waals surface area (Å²) in [5.74, 6) is 5.60. The highest BCUT2D eigenvalue weighted by molar-refractivity contribution is 5.77. The van der Waals surface area contributed by atoms with E-state index in [0.717, 1.165) is 11.1 Å². The number of aliphatic hydroxyl groups is 1. The predicted molar refractivity (Wildman–Crippen MR) is 71.7 cm³/mol. The van der Waals surface area contributed by atoms with Crippen LogP contribution in [-0.2, 0) is 11.3 Å². The van der Waals surface area contributed by atoms with Crippen LogP contribution >= 0.6 is 0 Å². The molecule has 3 heteroatoms. The van der Waals surface area contributed by atoms with E-state index in [-0.39, 0.29) is 18.4 Å². The number of hydrogen-bond acceptors (Lipinski definition) is 2. The normalized spacial score (nSPS) is 9.83. The summed E-state index contributed by atoms with van der Waals surface area (Å²) in [4.78, 5) is 13.5. The van der Waals surface area contributed by atoms with E-state index < -0.39 is 0 Å². The van der Waals surface area contributed by atoms with Crippen LogP contribution in [0.3, 0.4) is 0 Å². The molecule has 3 nitrogen and oxygen atoms in total. The van der Waals surface area contributed by atoms with Crippen molar-refractivity contribution >= 4 is 5.91 Å². The average molecular weight is 245 g/mol. The van der Waals surface area contributed by atoms with Gasteiger partial charge in [-0.15, -0.1) is 0 Å². The summed E-state index contributed by atoms with van der Waals surface area (Å²) in [6, 6.07) is 7.70. The quantitative estimate of drug-likeness (QED) is 0.822. The maximum atomic E-state index is 11.8. The Hall–Kier alpha value is -1.79. The van der Waals surface area contributed by atoms with Crippen LogP contribution in [0.15, 0.2) is 24.3 Å². The number of aliphatic hydroxyl groups excluding tert-OH is 1. The first-order chi connectivity index (χ1) is 8.54. The average Bonchev–Trinajstić information content (AvgIpc) is 2.35. The molecule has 1 aromatic carbocycles. The van der Waals surface area contributed by atoms with Gasteiger partial charge in [-0.1, -0.05) is 37.8 Å². The molecule has 0 aliphatic carbocycles. The van der Waals surface area contributed by atoms with Gasteiger partial charge in [0.1, 0.15) is 6.61 Å². The summed E-state index contributed by atoms with van der Waals surface area (Å²) in [5, 5.41) is 8.65. The van der Waals surface area contributed by atoms with Gasteiger partial charge in [0, 0.05) is 25.1 Å². The largest absolute Gasteiger partial charge is 0.384 e. The monoisotopic (exact) mass is 245 g/mol. The third kappa shape index (κ3) is 4.23. The zero-order valence-corrected chi connectivity index (χ0v) is 11.1. The van der Waals surface area contributed by atoms with Gasteiger partial charge in [-0.3, -0.25) is 4.79 Å². The molecule has 1 rings (SSSR count). The van der Waals surface area contributed by atoms with Gasteiger partial charge in [-0.2, -0.15) is 0 Å². The van der Waals surface area contributed by atoms with E-state index in [1.165, 1.54) is 0 Å². The minimum absolute atomic E-state index is 0.00682. The fraction of sp³-hybridized carbons (Fsp3) is 0.400. The lowest BCUT2D eigenvalue weighted by atomic mass is 10.1. The number of carbonyl (C=O) groups is 1. The van der Waals surface area contributed by atoms with Crippen LogP contribution in [0.25, 0.3) is 0 Å². The molecule has 0 fully saturated rings. The Morgan fingerprint density at radius 2 is 2.17 bits per heavy atom. The molecule has 1 N–H and O–H groups in total. The van der Waals surface area contributed by atoms with Crippen molar-refractivity contribution in [1.29, 1.82) is 0 Å². The molecule has 0 heterocycles. The highest BCUT2D eigenvalue weighted by Crippen LogP contribution is 2.09. The Balaban J connectivity index is 2.76. The molecule has 0 aromatic heterocycles. The molecule has 1 aromatic rings. The molecule has 0 spiro atoms. The van der Waals surface area contributed by atoms with Crippen molar-refractivity contribution in [3.8, 4) is 11.8 Å². The molecule has 0 atom stereocenters. The van der Waals surface area contributed by atoms with Crippen molar-refractivity contribution in [3.63, 3.8) is 0 Å². The number of rotatable bonds is 3. The molecule has 0 radical (unpaired) electrons. The Morgan fingerprint density at radius 3 is 2.78 bits per heavy atom. The van der Waals surface area contributed by atoms with Crippen LogP contribution in [0.4, 0.5) is 0 Å². The number of hydrogen-bond donors (Lipinski definition) is 1. The Labute approximate surface area is 108 Å². The fourth-order valence-electron chi connectivity index (χ4n) is 1.68. The lowest BCUT2D eigenvalue weighted by Gasteiger charge is -2.19. The van der Waals surface area contributed by atoms with E-state index in [1.54, 1.807) is 11.9 Å². The van der Waals surface area contributed by atoms with E-state index in [2.05, 4.69) is 11.8 Å². The SMILES string of the molecule is CC(C)C(=O)N(C)Cc1cccc(C#CCO)c1. The smallest absolute Gasteiger partial charge is 0.225 e. The van der Waals surface area contributed by atoms with Crippen LogP contribution < -0.4 is 0 Å². The maximum Gasteiger partial charge on any atom is 0.225 e. The zero-order chi connectivity index (χ0) is 13.5. The second-order valence-corrected chi connectivity index (χ2v) is 4.51. The van der Waals surface area contributed by atoms with Crippen LogP contribution in [0.5, 0.6) is 0 Å². The minimum atomic E-state index is -0.143. The summed E-state index contributed by atoms with van der Waals surface area (Å²) in [6.07, 6.45) is 0. The van der Waals surface area contributed by atoms with Gasteiger partial charge < -0.3 is 10.0 Å². The van der Waals surface area contributed by atoms with Gasteiger partial charge in [0.05, 0.1) is 0 Å². The summed E-state index contributed by atoms with van der Waals surface area (Å²) in [6.45, 7) is 4.21. The van der Waals surface area contributed by atoms with E-state index in [4.69, 9.17) is 5.11 Å². The zero-order valence-electron chi connectivity index (χ0n) is 11.1. The van der Waals surface area contributed by atoms with Gasteiger partial charge in [0.25, 0.3) is 0 Å². The second-order valence-electron chi connectivity index (χ2n) is 4.51. The molecule has 0 unspecified atom stereocenters. The molecule has 18 heavy (non-hydrogen) atoms. The lowest BCUT2D eigenvalue weighted by molar-refractivity contribution is -0.133. The summed E-state index contributed by atoms with van der Waals surface area (Å²) >= 11 is 0. The minimum Gasteiger partial charge on any atom is -0.384 e. The Morgan fingerprint density at radius 1 is 1.44 bits per heavy atom. The first-order valence-electron chi connectivity index (χ1n) is 5.98. The van der Waals surface area contributed by atoms with Gasteiger partial charge in [0.2, 0.25) is 5.91 Å². The first-order valence-corrected chi connectivity index (χ1v) is 5.98. The standard InChI is InChI=1S/C15H19NO2/c1-12(2)15(18)16(3)11-14-7-4-6-13(10-14)8-5-9-17/h4,6-7,10,12,17H,9,11H2,1-3H3. The highest BCUT2D eigenvalue weighted by atomic mass is 16.2.